The number of aliphatic hydroxyl groups is 4. The molecule has 6 heterocycles. The van der Waals surface area contributed by atoms with Gasteiger partial charge in [0.05, 0.1) is 13.2 Å². The minimum absolute atomic E-state index is 0.0156. The van der Waals surface area contributed by atoms with Crippen LogP contribution in [0.2, 0.25) is 0 Å². The summed E-state index contributed by atoms with van der Waals surface area (Å²) in [4.78, 5) is 55.3. The third kappa shape index (κ3) is 7.47. The number of imidazole rings is 1. The summed E-state index contributed by atoms with van der Waals surface area (Å²) in [6, 6.07) is 5.55. The molecule has 0 spiro atoms. The van der Waals surface area contributed by atoms with Crippen molar-refractivity contribution in [2.75, 3.05) is 18.9 Å². The minimum atomic E-state index is -5.48. The number of hydrogen-bond donors (Lipinski definition) is 8. The number of carbonyl (C=O) groups excluding carboxylic acids is 2. The monoisotopic (exact) mass is 758 g/mol. The smallest absolute Gasteiger partial charge is 0.450 e. The second-order valence-electron chi connectivity index (χ2n) is 11.2. The van der Waals surface area contributed by atoms with E-state index in [4.69, 9.17) is 34.4 Å². The van der Waals surface area contributed by atoms with Gasteiger partial charge in [-0.25, -0.2) is 24.1 Å². The van der Waals surface area contributed by atoms with E-state index in [1.807, 2.05) is 0 Å². The predicted molar refractivity (Wildman–Crippen MR) is 162 cm³/mol. The summed E-state index contributed by atoms with van der Waals surface area (Å²) in [7, 11) is -10.9. The van der Waals surface area contributed by atoms with E-state index in [2.05, 4.69) is 19.3 Å². The molecule has 1 amide bonds. The summed E-state index contributed by atoms with van der Waals surface area (Å²) in [6.07, 6.45) is -8.50. The number of nitrogen functional groups attached to an aromatic ring is 1. The topological polar surface area (TPSA) is 348 Å². The van der Waals surface area contributed by atoms with E-state index in [-0.39, 0.29) is 39.9 Å². The van der Waals surface area contributed by atoms with Gasteiger partial charge in [-0.1, -0.05) is 0 Å². The molecule has 2 aliphatic heterocycles. The van der Waals surface area contributed by atoms with Crippen LogP contribution in [0, 0.1) is 0 Å². The number of carbonyl (C=O) groups is 2. The zero-order valence-corrected chi connectivity index (χ0v) is 27.5. The lowest BCUT2D eigenvalue weighted by atomic mass is 10.1. The average Bonchev–Trinajstić information content (AvgIpc) is 3.84. The Hall–Kier alpha value is -4.06. The Morgan fingerprint density at radius 2 is 1.65 bits per heavy atom. The van der Waals surface area contributed by atoms with Crippen LogP contribution in [-0.2, 0) is 32.0 Å². The first-order valence-corrected chi connectivity index (χ1v) is 17.6. The molecule has 0 radical (unpaired) electrons. The highest BCUT2D eigenvalue weighted by atomic mass is 31.3. The molecule has 10 N–H and O–H groups in total. The molecule has 25 heteroatoms. The van der Waals surface area contributed by atoms with Crippen LogP contribution in [0.1, 0.15) is 33.4 Å². The molecule has 2 fully saturated rings. The lowest BCUT2D eigenvalue weighted by Crippen LogP contribution is -2.46. The molecule has 23 nitrogen and oxygen atoms in total. The van der Waals surface area contributed by atoms with E-state index in [1.54, 1.807) is 0 Å². The zero-order chi connectivity index (χ0) is 36.8. The molecule has 274 valence electrons. The van der Waals surface area contributed by atoms with Crippen molar-refractivity contribution in [2.45, 2.75) is 49.1 Å². The Bertz CT molecular complexity index is 2040. The summed E-state index contributed by atoms with van der Waals surface area (Å²) in [6.45, 7) is -1.92. The number of fused-ring (bicyclic) bond motifs is 1. The molecule has 6 rings (SSSR count). The molecule has 4 aromatic heterocycles. The van der Waals surface area contributed by atoms with Crippen molar-refractivity contribution >= 4 is 44.8 Å². The molecule has 0 aliphatic carbocycles. The first-order valence-electron chi connectivity index (χ1n) is 14.6. The van der Waals surface area contributed by atoms with Crippen molar-refractivity contribution < 1.29 is 80.7 Å². The van der Waals surface area contributed by atoms with Gasteiger partial charge in [0.2, 0.25) is 0 Å². The van der Waals surface area contributed by atoms with Crippen LogP contribution in [0.25, 0.3) is 22.7 Å². The van der Waals surface area contributed by atoms with Crippen molar-refractivity contribution in [3.8, 4) is 11.6 Å². The van der Waals surface area contributed by atoms with Gasteiger partial charge in [-0.15, -0.1) is 0 Å². The maximum atomic E-state index is 12.7. The number of aldehydes is 1. The number of amides is 1. The van der Waals surface area contributed by atoms with Gasteiger partial charge in [-0.3, -0.25) is 23.2 Å². The molecule has 2 aliphatic rings. The molecule has 4 aromatic rings. The van der Waals surface area contributed by atoms with Crippen molar-refractivity contribution in [3.63, 3.8) is 0 Å². The number of phosphoric ester groups is 2. The summed E-state index contributed by atoms with van der Waals surface area (Å²) >= 11 is 0. The number of aromatic nitrogens is 5. The van der Waals surface area contributed by atoms with Crippen LogP contribution in [0.3, 0.4) is 0 Å². The number of anilines is 1. The van der Waals surface area contributed by atoms with Crippen LogP contribution >= 0.6 is 15.6 Å². The van der Waals surface area contributed by atoms with E-state index >= 15 is 0 Å². The van der Waals surface area contributed by atoms with Gasteiger partial charge in [0.15, 0.2) is 65.3 Å². The second-order valence-corrected chi connectivity index (χ2v) is 14.2. The fourth-order valence-electron chi connectivity index (χ4n) is 5.38. The zero-order valence-electron chi connectivity index (χ0n) is 25.7. The number of furan rings is 1. The molecular weight excluding hydrogens is 728 g/mol. The maximum Gasteiger partial charge on any atom is 0.481 e. The molecule has 10 atom stereocenters. The van der Waals surface area contributed by atoms with Crippen molar-refractivity contribution in [2.24, 2.45) is 5.73 Å². The Kier molecular flexibility index (Phi) is 10.2. The van der Waals surface area contributed by atoms with E-state index in [0.717, 1.165) is 6.33 Å². The van der Waals surface area contributed by atoms with Crippen LogP contribution < -0.4 is 16.0 Å². The van der Waals surface area contributed by atoms with Crippen molar-refractivity contribution in [1.29, 1.82) is 0 Å². The Labute approximate surface area is 284 Å². The number of phosphoric acid groups is 2. The number of pyridine rings is 1. The minimum Gasteiger partial charge on any atom is -0.450 e. The second kappa shape index (κ2) is 14.2. The number of rotatable bonds is 13. The fraction of sp³-hybridized carbons (Fsp3) is 0.385. The highest BCUT2D eigenvalue weighted by molar-refractivity contribution is 7.61. The van der Waals surface area contributed by atoms with Gasteiger partial charge >= 0.3 is 15.6 Å². The average molecular weight is 759 g/mol. The summed E-state index contributed by atoms with van der Waals surface area (Å²) in [5, 5.41) is 42.5. The lowest BCUT2D eigenvalue weighted by molar-refractivity contribution is -0.765. The van der Waals surface area contributed by atoms with Crippen molar-refractivity contribution in [1.82, 2.24) is 19.5 Å². The Morgan fingerprint density at radius 3 is 2.29 bits per heavy atom. The van der Waals surface area contributed by atoms with Crippen molar-refractivity contribution in [3.05, 3.63) is 54.3 Å². The first-order chi connectivity index (χ1) is 24.1. The Balaban J connectivity index is 1.10. The van der Waals surface area contributed by atoms with Gasteiger partial charge in [0, 0.05) is 6.07 Å². The van der Waals surface area contributed by atoms with Gasteiger partial charge in [0.1, 0.15) is 42.4 Å². The van der Waals surface area contributed by atoms with Gasteiger partial charge in [0.25, 0.3) is 12.1 Å². The molecule has 0 bridgehead atoms. The number of hydrogen-bond acceptors (Lipinski definition) is 18. The molecule has 0 saturated carbocycles. The molecule has 51 heavy (non-hydrogen) atoms. The molecule has 2 saturated heterocycles. The third-order valence-electron chi connectivity index (χ3n) is 7.81. The summed E-state index contributed by atoms with van der Waals surface area (Å²) < 4.78 is 58.2. The predicted octanol–water partition coefficient (Wildman–Crippen LogP) is -1.94. The highest BCUT2D eigenvalue weighted by Crippen LogP contribution is 2.60. The SMILES string of the molecule is NC(=O)c1ccc[n+]([C@@H]2O[C@H](COP(=O)(O)OP(=O)(O)OC[C@H]3O[C@@H](n4c(-c5ccc(C=O)o5)nc5c(N)ncnc54)[C@H](O)[C@@H]3O)[C@@H](O)[C@H]2O)c1. The molecular formula is C26H30N7O16P2+. The Morgan fingerprint density at radius 1 is 0.980 bits per heavy atom. The number of ether oxygens (including phenoxy) is 2. The van der Waals surface area contributed by atoms with Gasteiger partial charge in [-0.2, -0.15) is 8.88 Å². The third-order valence-corrected chi connectivity index (χ3v) is 10.4. The van der Waals surface area contributed by atoms with Gasteiger partial charge in [-0.05, 0) is 18.2 Å². The van der Waals surface area contributed by atoms with E-state index in [0.29, 0.717) is 6.29 Å². The van der Waals surface area contributed by atoms with Crippen LogP contribution in [0.4, 0.5) is 5.82 Å². The van der Waals surface area contributed by atoms with Crippen LogP contribution in [0.5, 0.6) is 0 Å². The van der Waals surface area contributed by atoms with Gasteiger partial charge < -0.3 is 55.6 Å². The lowest BCUT2D eigenvalue weighted by Gasteiger charge is -2.20. The van der Waals surface area contributed by atoms with E-state index < -0.39 is 83.8 Å². The van der Waals surface area contributed by atoms with E-state index in [1.165, 1.54) is 45.8 Å². The summed E-state index contributed by atoms with van der Waals surface area (Å²) in [5.41, 5.74) is 11.3. The van der Waals surface area contributed by atoms with Crippen LogP contribution in [0.15, 0.2) is 47.4 Å². The van der Waals surface area contributed by atoms with Crippen LogP contribution in [-0.4, -0.2) is 112 Å². The van der Waals surface area contributed by atoms with E-state index in [9.17, 15) is 48.9 Å². The fourth-order valence-corrected chi connectivity index (χ4v) is 7.47. The standard InChI is InChI=1S/C26H29N7O16P2/c27-21-16-24(30-10-29-21)33(23(31-16)13-4-3-12(7-34)46-13)26-20(38)18(36)15(48-26)9-45-51(42,43)49-50(40,41)44-8-14-17(35)19(37)25(47-14)32-5-1-2-11(6-32)22(28)39/h1-7,10,14-15,17-20,25-26,35-38H,8-9H2,(H5-,27,28,29,30,34,39,40,41,42,43)/p+1/t14-,15-,17-,18-,19-,20-,25-,26-/m1/s1. The summed E-state index contributed by atoms with van der Waals surface area (Å²) in [5.74, 6) is -0.944. The normalized spacial score (nSPS) is 28.8. The quantitative estimate of drug-likeness (QED) is 0.0417. The maximum absolute atomic E-state index is 12.7. The molecule has 0 aromatic carbocycles. The number of nitrogens with two attached hydrogens (primary N) is 2. The largest absolute Gasteiger partial charge is 0.481 e. The highest BCUT2D eigenvalue weighted by Gasteiger charge is 2.50. The number of nitrogens with zero attached hydrogens (tertiary/aromatic N) is 5. The number of aliphatic hydroxyl groups excluding tert-OH is 4. The molecule has 2 unspecified atom stereocenters. The number of primary amides is 1. The first kappa shape index (κ1) is 36.7.